The monoisotopic (exact) mass is 404 g/mol. The van der Waals surface area contributed by atoms with Crippen molar-refractivity contribution >= 4 is 31.9 Å². The van der Waals surface area contributed by atoms with E-state index in [1.54, 1.807) is 0 Å². The van der Waals surface area contributed by atoms with Crippen molar-refractivity contribution in [3.8, 4) is 0 Å². The van der Waals surface area contributed by atoms with Gasteiger partial charge in [-0.15, -0.1) is 0 Å². The van der Waals surface area contributed by atoms with Gasteiger partial charge in [0.05, 0.1) is 18.8 Å². The highest BCUT2D eigenvalue weighted by molar-refractivity contribution is 9.13. The maximum atomic E-state index is 6.00. The molecule has 112 valence electrons. The van der Waals surface area contributed by atoms with E-state index in [4.69, 9.17) is 4.74 Å². The molecule has 2 unspecified atom stereocenters. The smallest absolute Gasteiger partial charge is 0.0896 e. The molecule has 2 atom stereocenters. The standard InChI is InChI=1S/C15H22Br2N2O/c1-10(2)19-6-7-20-14(9-18-3)15(19)11-4-5-12(16)13(17)8-11/h4-5,8,10,14-15,18H,6-7,9H2,1-3H3. The highest BCUT2D eigenvalue weighted by atomic mass is 79.9. The van der Waals surface area contributed by atoms with Crippen LogP contribution in [0.25, 0.3) is 0 Å². The second kappa shape index (κ2) is 7.36. The van der Waals surface area contributed by atoms with Crippen molar-refractivity contribution in [2.45, 2.75) is 32.0 Å². The molecule has 5 heteroatoms. The van der Waals surface area contributed by atoms with Crippen LogP contribution in [0.1, 0.15) is 25.5 Å². The minimum Gasteiger partial charge on any atom is -0.374 e. The van der Waals surface area contributed by atoms with Crippen LogP contribution in [-0.2, 0) is 4.74 Å². The second-order valence-corrected chi connectivity index (χ2v) is 7.13. The first-order chi connectivity index (χ1) is 9.54. The Kier molecular flexibility index (Phi) is 6.05. The lowest BCUT2D eigenvalue weighted by molar-refractivity contribution is -0.0815. The summed E-state index contributed by atoms with van der Waals surface area (Å²) in [5.41, 5.74) is 1.30. The fraction of sp³-hybridized carbons (Fsp3) is 0.600. The minimum absolute atomic E-state index is 0.184. The van der Waals surface area contributed by atoms with E-state index in [1.807, 2.05) is 7.05 Å². The molecule has 1 N–H and O–H groups in total. The SMILES string of the molecule is CNCC1OCCN(C(C)C)C1c1ccc(Br)c(Br)c1. The molecule has 1 fully saturated rings. The molecule has 1 aromatic rings. The molecule has 20 heavy (non-hydrogen) atoms. The average Bonchev–Trinajstić information content (AvgIpc) is 2.42. The van der Waals surface area contributed by atoms with Crippen molar-refractivity contribution < 1.29 is 4.74 Å². The van der Waals surface area contributed by atoms with Crippen LogP contribution in [-0.4, -0.2) is 43.8 Å². The van der Waals surface area contributed by atoms with Gasteiger partial charge in [0.2, 0.25) is 0 Å². The van der Waals surface area contributed by atoms with Crippen LogP contribution in [0.3, 0.4) is 0 Å². The number of nitrogens with one attached hydrogen (secondary N) is 1. The molecule has 0 radical (unpaired) electrons. The quantitative estimate of drug-likeness (QED) is 0.828. The van der Waals surface area contributed by atoms with E-state index in [0.717, 1.165) is 28.6 Å². The Morgan fingerprint density at radius 2 is 2.10 bits per heavy atom. The number of nitrogens with zero attached hydrogens (tertiary/aromatic N) is 1. The van der Waals surface area contributed by atoms with Crippen LogP contribution in [0.15, 0.2) is 27.1 Å². The molecule has 0 aliphatic carbocycles. The molecule has 2 rings (SSSR count). The van der Waals surface area contributed by atoms with Crippen LogP contribution in [0, 0.1) is 0 Å². The topological polar surface area (TPSA) is 24.5 Å². The first-order valence-corrected chi connectivity index (χ1v) is 8.60. The molecule has 1 saturated heterocycles. The number of ether oxygens (including phenoxy) is 1. The Morgan fingerprint density at radius 3 is 2.70 bits per heavy atom. The minimum atomic E-state index is 0.184. The second-order valence-electron chi connectivity index (χ2n) is 5.42. The highest BCUT2D eigenvalue weighted by Gasteiger charge is 2.34. The molecule has 0 bridgehead atoms. The molecule has 0 saturated carbocycles. The fourth-order valence-electron chi connectivity index (χ4n) is 2.81. The van der Waals surface area contributed by atoms with Gasteiger partial charge in [-0.25, -0.2) is 0 Å². The summed E-state index contributed by atoms with van der Waals surface area (Å²) in [4.78, 5) is 2.53. The van der Waals surface area contributed by atoms with Gasteiger partial charge in [-0.1, -0.05) is 6.07 Å². The summed E-state index contributed by atoms with van der Waals surface area (Å²) in [6, 6.07) is 7.28. The zero-order valence-corrected chi connectivity index (χ0v) is 15.4. The maximum Gasteiger partial charge on any atom is 0.0896 e. The summed E-state index contributed by atoms with van der Waals surface area (Å²) in [7, 11) is 1.98. The molecular formula is C15H22Br2N2O. The number of likely N-dealkylation sites (N-methyl/N-ethyl adjacent to an activating group) is 1. The normalized spacial score (nSPS) is 24.3. The summed E-state index contributed by atoms with van der Waals surface area (Å²) in [6.07, 6.45) is 0.184. The number of hydrogen-bond acceptors (Lipinski definition) is 3. The molecule has 1 aliphatic heterocycles. The fourth-order valence-corrected chi connectivity index (χ4v) is 3.45. The van der Waals surface area contributed by atoms with Gasteiger partial charge in [0.25, 0.3) is 0 Å². The predicted octanol–water partition coefficient (Wildman–Crippen LogP) is 3.58. The van der Waals surface area contributed by atoms with Crippen LogP contribution in [0.2, 0.25) is 0 Å². The van der Waals surface area contributed by atoms with Gasteiger partial charge in [0.15, 0.2) is 0 Å². The third kappa shape index (κ3) is 3.63. The number of benzene rings is 1. The maximum absolute atomic E-state index is 6.00. The molecule has 0 amide bonds. The van der Waals surface area contributed by atoms with E-state index in [-0.39, 0.29) is 6.10 Å². The van der Waals surface area contributed by atoms with Gasteiger partial charge in [-0.05, 0) is 70.5 Å². The van der Waals surface area contributed by atoms with Gasteiger partial charge >= 0.3 is 0 Å². The molecule has 1 heterocycles. The van der Waals surface area contributed by atoms with E-state index < -0.39 is 0 Å². The largest absolute Gasteiger partial charge is 0.374 e. The number of morpholine rings is 1. The van der Waals surface area contributed by atoms with Gasteiger partial charge in [0.1, 0.15) is 0 Å². The summed E-state index contributed by atoms with van der Waals surface area (Å²) in [5.74, 6) is 0. The van der Waals surface area contributed by atoms with Gasteiger partial charge in [-0.2, -0.15) is 0 Å². The van der Waals surface area contributed by atoms with Crippen molar-refractivity contribution in [1.82, 2.24) is 10.2 Å². The predicted molar refractivity (Wildman–Crippen MR) is 90.1 cm³/mol. The molecule has 1 aromatic carbocycles. The van der Waals surface area contributed by atoms with Crippen molar-refractivity contribution in [1.29, 1.82) is 0 Å². The summed E-state index contributed by atoms with van der Waals surface area (Å²) >= 11 is 7.15. The molecule has 3 nitrogen and oxygen atoms in total. The zero-order valence-electron chi connectivity index (χ0n) is 12.2. The summed E-state index contributed by atoms with van der Waals surface area (Å²) in [5, 5.41) is 3.25. The average molecular weight is 406 g/mol. The Balaban J connectivity index is 2.35. The molecule has 1 aliphatic rings. The van der Waals surface area contributed by atoms with Gasteiger partial charge < -0.3 is 10.1 Å². The first kappa shape index (κ1) is 16.4. The third-order valence-corrected chi connectivity index (χ3v) is 5.62. The van der Waals surface area contributed by atoms with E-state index in [0.29, 0.717) is 12.1 Å². The van der Waals surface area contributed by atoms with Crippen molar-refractivity contribution in [3.63, 3.8) is 0 Å². The van der Waals surface area contributed by atoms with Crippen LogP contribution in [0.5, 0.6) is 0 Å². The molecule has 0 spiro atoms. The van der Waals surface area contributed by atoms with Crippen LogP contribution in [0.4, 0.5) is 0 Å². The van der Waals surface area contributed by atoms with E-state index in [9.17, 15) is 0 Å². The number of hydrogen-bond donors (Lipinski definition) is 1. The van der Waals surface area contributed by atoms with Crippen LogP contribution < -0.4 is 5.32 Å². The Morgan fingerprint density at radius 1 is 1.35 bits per heavy atom. The molecule has 0 aromatic heterocycles. The number of rotatable bonds is 4. The van der Waals surface area contributed by atoms with E-state index in [2.05, 4.69) is 74.1 Å². The van der Waals surface area contributed by atoms with E-state index in [1.165, 1.54) is 5.56 Å². The third-order valence-electron chi connectivity index (χ3n) is 3.74. The first-order valence-electron chi connectivity index (χ1n) is 7.01. The lowest BCUT2D eigenvalue weighted by Gasteiger charge is -2.43. The van der Waals surface area contributed by atoms with Gasteiger partial charge in [0, 0.05) is 28.1 Å². The van der Waals surface area contributed by atoms with Crippen molar-refractivity contribution in [2.24, 2.45) is 0 Å². The lowest BCUT2D eigenvalue weighted by Crippen LogP contribution is -2.51. The van der Waals surface area contributed by atoms with Crippen molar-refractivity contribution in [3.05, 3.63) is 32.7 Å². The Labute approximate surface area is 138 Å². The highest BCUT2D eigenvalue weighted by Crippen LogP contribution is 2.34. The Hall–Kier alpha value is 0.0600. The summed E-state index contributed by atoms with van der Waals surface area (Å²) in [6.45, 7) is 7.15. The van der Waals surface area contributed by atoms with E-state index >= 15 is 0 Å². The Bertz CT molecular complexity index is 451. The van der Waals surface area contributed by atoms with Gasteiger partial charge in [-0.3, -0.25) is 4.90 Å². The number of halogens is 2. The summed E-state index contributed by atoms with van der Waals surface area (Å²) < 4.78 is 8.18. The van der Waals surface area contributed by atoms with Crippen molar-refractivity contribution in [2.75, 3.05) is 26.7 Å². The lowest BCUT2D eigenvalue weighted by atomic mass is 9.96. The molecular weight excluding hydrogens is 384 g/mol. The van der Waals surface area contributed by atoms with Crippen LogP contribution >= 0.6 is 31.9 Å². The zero-order chi connectivity index (χ0) is 14.7.